The zero-order valence-electron chi connectivity index (χ0n) is 7.87. The molecule has 0 aliphatic carbocycles. The number of aryl methyl sites for hydroxylation is 2. The lowest BCUT2D eigenvalue weighted by Gasteiger charge is -2.27. The SMILES string of the molecule is Cc1cc(NC2COC2)nc(C)n1. The van der Waals surface area contributed by atoms with Gasteiger partial charge in [0.2, 0.25) is 0 Å². The molecule has 4 heteroatoms. The van der Waals surface area contributed by atoms with E-state index in [-0.39, 0.29) is 0 Å². The second-order valence-corrected chi connectivity index (χ2v) is 3.32. The molecular formula is C9H13N3O. The second-order valence-electron chi connectivity index (χ2n) is 3.32. The van der Waals surface area contributed by atoms with Crippen LogP contribution in [0.3, 0.4) is 0 Å². The summed E-state index contributed by atoms with van der Waals surface area (Å²) in [5.41, 5.74) is 0.996. The third kappa shape index (κ3) is 1.95. The fourth-order valence-electron chi connectivity index (χ4n) is 1.32. The van der Waals surface area contributed by atoms with E-state index >= 15 is 0 Å². The first kappa shape index (κ1) is 8.44. The van der Waals surface area contributed by atoms with Crippen molar-refractivity contribution in [1.82, 2.24) is 9.97 Å². The van der Waals surface area contributed by atoms with Crippen molar-refractivity contribution >= 4 is 5.82 Å². The third-order valence-electron chi connectivity index (χ3n) is 1.96. The first-order chi connectivity index (χ1) is 6.24. The number of hydrogen-bond donors (Lipinski definition) is 1. The number of rotatable bonds is 2. The molecule has 1 aliphatic rings. The summed E-state index contributed by atoms with van der Waals surface area (Å²) in [6.07, 6.45) is 0. The van der Waals surface area contributed by atoms with Crippen LogP contribution < -0.4 is 5.32 Å². The number of nitrogens with one attached hydrogen (secondary N) is 1. The minimum Gasteiger partial charge on any atom is -0.377 e. The smallest absolute Gasteiger partial charge is 0.130 e. The van der Waals surface area contributed by atoms with Gasteiger partial charge < -0.3 is 10.1 Å². The van der Waals surface area contributed by atoms with Gasteiger partial charge in [0, 0.05) is 11.8 Å². The van der Waals surface area contributed by atoms with E-state index in [1.165, 1.54) is 0 Å². The maximum absolute atomic E-state index is 5.06. The van der Waals surface area contributed by atoms with E-state index in [1.807, 2.05) is 19.9 Å². The molecule has 70 valence electrons. The van der Waals surface area contributed by atoms with Gasteiger partial charge in [-0.3, -0.25) is 0 Å². The summed E-state index contributed by atoms with van der Waals surface area (Å²) < 4.78 is 5.06. The minimum atomic E-state index is 0.425. The van der Waals surface area contributed by atoms with Crippen molar-refractivity contribution in [3.63, 3.8) is 0 Å². The Kier molecular flexibility index (Phi) is 2.14. The van der Waals surface area contributed by atoms with E-state index in [2.05, 4.69) is 15.3 Å². The molecule has 1 aromatic rings. The summed E-state index contributed by atoms with van der Waals surface area (Å²) in [7, 11) is 0. The van der Waals surface area contributed by atoms with Crippen LogP contribution in [0.2, 0.25) is 0 Å². The van der Waals surface area contributed by atoms with Crippen molar-refractivity contribution in [3.8, 4) is 0 Å². The van der Waals surface area contributed by atoms with Crippen molar-refractivity contribution in [3.05, 3.63) is 17.6 Å². The van der Waals surface area contributed by atoms with Gasteiger partial charge in [0.05, 0.1) is 19.3 Å². The molecule has 1 fully saturated rings. The van der Waals surface area contributed by atoms with Crippen LogP contribution in [0.15, 0.2) is 6.07 Å². The van der Waals surface area contributed by atoms with Crippen molar-refractivity contribution < 1.29 is 4.74 Å². The lowest BCUT2D eigenvalue weighted by molar-refractivity contribution is 0.0209. The standard InChI is InChI=1S/C9H13N3O/c1-6-3-9(11-7(2)10-6)12-8-4-13-5-8/h3,8H,4-5H2,1-2H3,(H,10,11,12). The normalized spacial score (nSPS) is 16.8. The summed E-state index contributed by atoms with van der Waals surface area (Å²) in [5.74, 6) is 1.71. The number of ether oxygens (including phenoxy) is 1. The Morgan fingerprint density at radius 3 is 2.69 bits per heavy atom. The molecule has 1 saturated heterocycles. The predicted octanol–water partition coefficient (Wildman–Crippen LogP) is 0.904. The highest BCUT2D eigenvalue weighted by molar-refractivity contribution is 5.37. The fourth-order valence-corrected chi connectivity index (χ4v) is 1.32. The molecule has 4 nitrogen and oxygen atoms in total. The molecule has 1 N–H and O–H groups in total. The zero-order valence-corrected chi connectivity index (χ0v) is 7.87. The van der Waals surface area contributed by atoms with Crippen molar-refractivity contribution in [2.75, 3.05) is 18.5 Å². The van der Waals surface area contributed by atoms with Gasteiger partial charge >= 0.3 is 0 Å². The van der Waals surface area contributed by atoms with Gasteiger partial charge in [-0.15, -0.1) is 0 Å². The molecule has 0 saturated carbocycles. The predicted molar refractivity (Wildman–Crippen MR) is 49.7 cm³/mol. The van der Waals surface area contributed by atoms with E-state index in [0.29, 0.717) is 6.04 Å². The van der Waals surface area contributed by atoms with Crippen LogP contribution in [-0.2, 0) is 4.74 Å². The molecular weight excluding hydrogens is 166 g/mol. The number of hydrogen-bond acceptors (Lipinski definition) is 4. The van der Waals surface area contributed by atoms with Crippen molar-refractivity contribution in [2.24, 2.45) is 0 Å². The third-order valence-corrected chi connectivity index (χ3v) is 1.96. The first-order valence-corrected chi connectivity index (χ1v) is 4.40. The summed E-state index contributed by atoms with van der Waals surface area (Å²) in [6, 6.07) is 2.37. The van der Waals surface area contributed by atoms with Crippen LogP contribution in [0.5, 0.6) is 0 Å². The van der Waals surface area contributed by atoms with Crippen LogP contribution in [0.4, 0.5) is 5.82 Å². The molecule has 0 aromatic carbocycles. The lowest BCUT2D eigenvalue weighted by Crippen LogP contribution is -2.40. The summed E-state index contributed by atoms with van der Waals surface area (Å²) in [6.45, 7) is 5.43. The van der Waals surface area contributed by atoms with Gasteiger partial charge in [0.25, 0.3) is 0 Å². The molecule has 0 unspecified atom stereocenters. The highest BCUT2D eigenvalue weighted by Crippen LogP contribution is 2.11. The number of nitrogens with zero attached hydrogens (tertiary/aromatic N) is 2. The topological polar surface area (TPSA) is 47.0 Å². The quantitative estimate of drug-likeness (QED) is 0.732. The molecule has 13 heavy (non-hydrogen) atoms. The number of aromatic nitrogens is 2. The molecule has 0 bridgehead atoms. The van der Waals surface area contributed by atoms with Gasteiger partial charge in [-0.25, -0.2) is 9.97 Å². The molecule has 2 heterocycles. The van der Waals surface area contributed by atoms with Crippen LogP contribution >= 0.6 is 0 Å². The Balaban J connectivity index is 2.10. The molecule has 2 rings (SSSR count). The van der Waals surface area contributed by atoms with E-state index in [1.54, 1.807) is 0 Å². The summed E-state index contributed by atoms with van der Waals surface area (Å²) in [4.78, 5) is 8.48. The van der Waals surface area contributed by atoms with Gasteiger partial charge in [0.15, 0.2) is 0 Å². The highest BCUT2D eigenvalue weighted by Gasteiger charge is 2.18. The second kappa shape index (κ2) is 3.30. The molecule has 0 atom stereocenters. The molecule has 1 aromatic heterocycles. The molecule has 0 amide bonds. The van der Waals surface area contributed by atoms with Crippen molar-refractivity contribution in [2.45, 2.75) is 19.9 Å². The van der Waals surface area contributed by atoms with E-state index < -0.39 is 0 Å². The summed E-state index contributed by atoms with van der Waals surface area (Å²) >= 11 is 0. The molecule has 0 spiro atoms. The maximum atomic E-state index is 5.06. The van der Waals surface area contributed by atoms with Crippen LogP contribution in [-0.4, -0.2) is 29.2 Å². The Labute approximate surface area is 77.4 Å². The Bertz CT molecular complexity index is 289. The van der Waals surface area contributed by atoms with E-state index in [0.717, 1.165) is 30.5 Å². The van der Waals surface area contributed by atoms with Crippen molar-refractivity contribution in [1.29, 1.82) is 0 Å². The van der Waals surface area contributed by atoms with Gasteiger partial charge in [-0.1, -0.05) is 0 Å². The fraction of sp³-hybridized carbons (Fsp3) is 0.556. The van der Waals surface area contributed by atoms with Gasteiger partial charge in [-0.2, -0.15) is 0 Å². The first-order valence-electron chi connectivity index (χ1n) is 4.40. The monoisotopic (exact) mass is 179 g/mol. The summed E-state index contributed by atoms with van der Waals surface area (Å²) in [5, 5.41) is 3.28. The van der Waals surface area contributed by atoms with Crippen LogP contribution in [0.1, 0.15) is 11.5 Å². The average Bonchev–Trinajstić information content (AvgIpc) is 1.95. The Morgan fingerprint density at radius 2 is 2.15 bits per heavy atom. The van der Waals surface area contributed by atoms with Gasteiger partial charge in [-0.05, 0) is 13.8 Å². The lowest BCUT2D eigenvalue weighted by atomic mass is 10.2. The maximum Gasteiger partial charge on any atom is 0.130 e. The number of anilines is 1. The molecule has 1 aliphatic heterocycles. The minimum absolute atomic E-state index is 0.425. The van der Waals surface area contributed by atoms with Crippen LogP contribution in [0, 0.1) is 13.8 Å². The Morgan fingerprint density at radius 1 is 1.38 bits per heavy atom. The zero-order chi connectivity index (χ0) is 9.26. The highest BCUT2D eigenvalue weighted by atomic mass is 16.5. The Hall–Kier alpha value is -1.16. The van der Waals surface area contributed by atoms with Gasteiger partial charge in [0.1, 0.15) is 11.6 Å². The molecule has 0 radical (unpaired) electrons. The van der Waals surface area contributed by atoms with E-state index in [9.17, 15) is 0 Å². The largest absolute Gasteiger partial charge is 0.377 e. The average molecular weight is 179 g/mol. The van der Waals surface area contributed by atoms with Crippen LogP contribution in [0.25, 0.3) is 0 Å². The van der Waals surface area contributed by atoms with E-state index in [4.69, 9.17) is 4.74 Å².